The maximum absolute atomic E-state index is 11.7. The van der Waals surface area contributed by atoms with Gasteiger partial charge in [0.05, 0.1) is 0 Å². The molecule has 0 saturated heterocycles. The average molecular weight is 376 g/mol. The van der Waals surface area contributed by atoms with Crippen LogP contribution in [-0.4, -0.2) is 23.1 Å². The van der Waals surface area contributed by atoms with Crippen LogP contribution in [0.1, 0.15) is 26.2 Å². The van der Waals surface area contributed by atoms with Gasteiger partial charge in [-0.15, -0.1) is 0 Å². The van der Waals surface area contributed by atoms with Crippen LogP contribution in [-0.2, 0) is 4.79 Å². The van der Waals surface area contributed by atoms with Gasteiger partial charge >= 0.3 is 12.0 Å². The number of nitrogens with one attached hydrogen (secondary N) is 2. The second-order valence-electron chi connectivity index (χ2n) is 4.14. The van der Waals surface area contributed by atoms with Gasteiger partial charge in [0, 0.05) is 9.26 Å². The predicted octanol–water partition coefficient (Wildman–Crippen LogP) is 3.06. The van der Waals surface area contributed by atoms with Gasteiger partial charge in [0.25, 0.3) is 0 Å². The normalized spacial score (nSPS) is 11.7. The number of hydrogen-bond acceptors (Lipinski definition) is 2. The van der Waals surface area contributed by atoms with Crippen molar-refractivity contribution in [2.45, 2.75) is 32.2 Å². The average Bonchev–Trinajstić information content (AvgIpc) is 2.37. The third-order valence-electron chi connectivity index (χ3n) is 2.55. The zero-order valence-corrected chi connectivity index (χ0v) is 12.8. The Labute approximate surface area is 125 Å². The van der Waals surface area contributed by atoms with Crippen LogP contribution >= 0.6 is 22.6 Å². The van der Waals surface area contributed by atoms with Gasteiger partial charge in [-0.25, -0.2) is 9.59 Å². The summed E-state index contributed by atoms with van der Waals surface area (Å²) in [7, 11) is 0. The highest BCUT2D eigenvalue weighted by molar-refractivity contribution is 14.1. The second-order valence-corrected chi connectivity index (χ2v) is 5.38. The van der Waals surface area contributed by atoms with Gasteiger partial charge in [-0.1, -0.05) is 19.8 Å². The minimum atomic E-state index is -1.01. The number of unbranched alkanes of at least 4 members (excludes halogenated alkanes) is 1. The number of halogens is 1. The molecule has 1 rings (SSSR count). The maximum atomic E-state index is 11.7. The van der Waals surface area contributed by atoms with Crippen molar-refractivity contribution in [3.63, 3.8) is 0 Å². The van der Waals surface area contributed by atoms with Crippen LogP contribution in [0.3, 0.4) is 0 Å². The van der Waals surface area contributed by atoms with Gasteiger partial charge in [0.1, 0.15) is 6.04 Å². The molecule has 0 aliphatic carbocycles. The lowest BCUT2D eigenvalue weighted by Gasteiger charge is -2.14. The Morgan fingerprint density at radius 1 is 1.32 bits per heavy atom. The highest BCUT2D eigenvalue weighted by Gasteiger charge is 2.18. The molecule has 0 spiro atoms. The number of carbonyl (C=O) groups is 2. The number of amides is 2. The zero-order valence-electron chi connectivity index (χ0n) is 10.6. The first-order valence-corrected chi connectivity index (χ1v) is 7.16. The van der Waals surface area contributed by atoms with E-state index in [1.807, 2.05) is 19.1 Å². The van der Waals surface area contributed by atoms with Crippen LogP contribution < -0.4 is 10.6 Å². The highest BCUT2D eigenvalue weighted by Crippen LogP contribution is 2.11. The summed E-state index contributed by atoms with van der Waals surface area (Å²) in [5, 5.41) is 14.1. The Balaban J connectivity index is 2.52. The van der Waals surface area contributed by atoms with E-state index in [4.69, 9.17) is 5.11 Å². The van der Waals surface area contributed by atoms with Crippen molar-refractivity contribution in [1.82, 2.24) is 5.32 Å². The van der Waals surface area contributed by atoms with Gasteiger partial charge in [-0.05, 0) is 53.3 Å². The van der Waals surface area contributed by atoms with Crippen LogP contribution in [0.4, 0.5) is 10.5 Å². The van der Waals surface area contributed by atoms with E-state index in [2.05, 4.69) is 33.2 Å². The van der Waals surface area contributed by atoms with Crippen LogP contribution in [0.15, 0.2) is 24.3 Å². The molecule has 1 unspecified atom stereocenters. The Kier molecular flexibility index (Phi) is 6.61. The molecule has 0 aliphatic rings. The standard InChI is InChI=1S/C13H17IN2O3/c1-2-3-4-11(12(17)18)16-13(19)15-10-7-5-9(14)6-8-10/h5-8,11H,2-4H2,1H3,(H,17,18)(H2,15,16,19). The van der Waals surface area contributed by atoms with E-state index in [0.717, 1.165) is 16.4 Å². The molecule has 0 bridgehead atoms. The van der Waals surface area contributed by atoms with E-state index in [9.17, 15) is 9.59 Å². The van der Waals surface area contributed by atoms with Gasteiger partial charge in [0.15, 0.2) is 0 Å². The zero-order chi connectivity index (χ0) is 14.3. The largest absolute Gasteiger partial charge is 0.480 e. The van der Waals surface area contributed by atoms with Crippen LogP contribution in [0, 0.1) is 3.57 Å². The van der Waals surface area contributed by atoms with Crippen LogP contribution in [0.5, 0.6) is 0 Å². The molecule has 0 radical (unpaired) electrons. The van der Waals surface area contributed by atoms with E-state index in [-0.39, 0.29) is 0 Å². The van der Waals surface area contributed by atoms with Crippen molar-refractivity contribution in [1.29, 1.82) is 0 Å². The number of rotatable bonds is 6. The van der Waals surface area contributed by atoms with E-state index in [1.54, 1.807) is 12.1 Å². The third-order valence-corrected chi connectivity index (χ3v) is 3.27. The number of hydrogen-bond donors (Lipinski definition) is 3. The lowest BCUT2D eigenvalue weighted by Crippen LogP contribution is -2.42. The van der Waals surface area contributed by atoms with Gasteiger partial charge < -0.3 is 15.7 Å². The van der Waals surface area contributed by atoms with Crippen molar-refractivity contribution in [3.05, 3.63) is 27.8 Å². The van der Waals surface area contributed by atoms with E-state index >= 15 is 0 Å². The molecule has 0 heterocycles. The van der Waals surface area contributed by atoms with Gasteiger partial charge in [0.2, 0.25) is 0 Å². The summed E-state index contributed by atoms with van der Waals surface area (Å²) in [5.41, 5.74) is 0.637. The number of benzene rings is 1. The fraction of sp³-hybridized carbons (Fsp3) is 0.385. The summed E-state index contributed by atoms with van der Waals surface area (Å²) in [4.78, 5) is 22.7. The summed E-state index contributed by atoms with van der Waals surface area (Å²) < 4.78 is 1.06. The maximum Gasteiger partial charge on any atom is 0.326 e. The molecule has 0 fully saturated rings. The fourth-order valence-electron chi connectivity index (χ4n) is 1.52. The van der Waals surface area contributed by atoms with E-state index < -0.39 is 18.0 Å². The Morgan fingerprint density at radius 3 is 2.47 bits per heavy atom. The molecular formula is C13H17IN2O3. The molecule has 5 nitrogen and oxygen atoms in total. The first-order chi connectivity index (χ1) is 9.02. The molecule has 3 N–H and O–H groups in total. The molecular weight excluding hydrogens is 359 g/mol. The Hall–Kier alpha value is -1.31. The molecule has 1 aromatic carbocycles. The molecule has 0 saturated carbocycles. The molecule has 0 aromatic heterocycles. The summed E-state index contributed by atoms with van der Waals surface area (Å²) in [6, 6.07) is 5.92. The topological polar surface area (TPSA) is 78.4 Å². The predicted molar refractivity (Wildman–Crippen MR) is 82.3 cm³/mol. The summed E-state index contributed by atoms with van der Waals surface area (Å²) in [5.74, 6) is -1.01. The Morgan fingerprint density at radius 2 is 1.95 bits per heavy atom. The smallest absolute Gasteiger partial charge is 0.326 e. The number of carbonyl (C=O) groups excluding carboxylic acids is 1. The number of aliphatic carboxylic acids is 1. The SMILES string of the molecule is CCCCC(NC(=O)Nc1ccc(I)cc1)C(=O)O. The summed E-state index contributed by atoms with van der Waals surface area (Å²) in [6.07, 6.45) is 2.09. The number of carboxylic acid groups (broad SMARTS) is 1. The van der Waals surface area contributed by atoms with Crippen molar-refractivity contribution in [3.8, 4) is 0 Å². The molecule has 0 aliphatic heterocycles. The first kappa shape index (κ1) is 15.7. The highest BCUT2D eigenvalue weighted by atomic mass is 127. The van der Waals surface area contributed by atoms with Crippen LogP contribution in [0.25, 0.3) is 0 Å². The molecule has 19 heavy (non-hydrogen) atoms. The van der Waals surface area contributed by atoms with Gasteiger partial charge in [-0.2, -0.15) is 0 Å². The van der Waals surface area contributed by atoms with Crippen molar-refractivity contribution < 1.29 is 14.7 Å². The summed E-state index contributed by atoms with van der Waals surface area (Å²) >= 11 is 2.17. The van der Waals surface area contributed by atoms with Crippen molar-refractivity contribution >= 4 is 40.3 Å². The van der Waals surface area contributed by atoms with Crippen LogP contribution in [0.2, 0.25) is 0 Å². The van der Waals surface area contributed by atoms with Crippen molar-refractivity contribution in [2.24, 2.45) is 0 Å². The molecule has 1 aromatic rings. The number of anilines is 1. The van der Waals surface area contributed by atoms with E-state index in [1.165, 1.54) is 0 Å². The quantitative estimate of drug-likeness (QED) is 0.668. The fourth-order valence-corrected chi connectivity index (χ4v) is 1.88. The number of urea groups is 1. The molecule has 1 atom stereocenters. The third kappa shape index (κ3) is 5.91. The second kappa shape index (κ2) is 7.98. The van der Waals surface area contributed by atoms with Crippen molar-refractivity contribution in [2.75, 3.05) is 5.32 Å². The minimum absolute atomic E-state index is 0.436. The molecule has 2 amide bonds. The lowest BCUT2D eigenvalue weighted by molar-refractivity contribution is -0.139. The molecule has 104 valence electrons. The van der Waals surface area contributed by atoms with E-state index in [0.29, 0.717) is 12.1 Å². The first-order valence-electron chi connectivity index (χ1n) is 6.08. The Bertz CT molecular complexity index is 434. The minimum Gasteiger partial charge on any atom is -0.480 e. The number of carboxylic acids is 1. The lowest BCUT2D eigenvalue weighted by atomic mass is 10.1. The molecule has 6 heteroatoms. The summed E-state index contributed by atoms with van der Waals surface area (Å²) in [6.45, 7) is 1.98. The monoisotopic (exact) mass is 376 g/mol. The van der Waals surface area contributed by atoms with Gasteiger partial charge in [-0.3, -0.25) is 0 Å².